The summed E-state index contributed by atoms with van der Waals surface area (Å²) in [6, 6.07) is 13.7. The molecule has 0 aliphatic heterocycles. The van der Waals surface area contributed by atoms with Crippen molar-refractivity contribution in [2.75, 3.05) is 6.61 Å². The first-order chi connectivity index (χ1) is 15.9. The molecule has 3 nitrogen and oxygen atoms in total. The first-order valence-corrected chi connectivity index (χ1v) is 19.5. The van der Waals surface area contributed by atoms with Crippen LogP contribution in [-0.2, 0) is 4.43 Å². The van der Waals surface area contributed by atoms with Crippen LogP contribution >= 0.6 is 0 Å². The molecule has 0 spiro atoms. The van der Waals surface area contributed by atoms with Crippen LogP contribution in [0, 0.1) is 5.92 Å². The van der Waals surface area contributed by atoms with Crippen LogP contribution in [0.4, 0.5) is 0 Å². The van der Waals surface area contributed by atoms with Gasteiger partial charge in [-0.1, -0.05) is 0 Å². The Labute approximate surface area is 212 Å². The fourth-order valence-electron chi connectivity index (χ4n) is 7.03. The van der Waals surface area contributed by atoms with Gasteiger partial charge in [-0.2, -0.15) is 0 Å². The second kappa shape index (κ2) is 12.7. The van der Waals surface area contributed by atoms with Crippen molar-refractivity contribution in [2.45, 2.75) is 134 Å². The Balaban J connectivity index is 2.14. The van der Waals surface area contributed by atoms with E-state index in [-0.39, 0.29) is 0 Å². The van der Waals surface area contributed by atoms with E-state index >= 15 is 0 Å². The molecule has 0 bridgehead atoms. The van der Waals surface area contributed by atoms with E-state index in [0.717, 1.165) is 32.3 Å². The van der Waals surface area contributed by atoms with E-state index in [2.05, 4.69) is 85.3 Å². The third-order valence-corrected chi connectivity index (χ3v) is 23.3. The molecule has 0 amide bonds. The molecule has 1 aliphatic rings. The Morgan fingerprint density at radius 2 is 1.71 bits per heavy atom. The Bertz CT molecular complexity index is 725. The van der Waals surface area contributed by atoms with E-state index in [4.69, 9.17) is 4.43 Å². The van der Waals surface area contributed by atoms with Gasteiger partial charge in [0.05, 0.1) is 0 Å². The van der Waals surface area contributed by atoms with E-state index in [1.807, 2.05) is 0 Å². The zero-order valence-corrected chi connectivity index (χ0v) is 25.7. The summed E-state index contributed by atoms with van der Waals surface area (Å²) in [7, 11) is -3.97. The second-order valence-electron chi connectivity index (χ2n) is 12.6. The minimum atomic E-state index is -2.25. The Morgan fingerprint density at radius 3 is 2.24 bits per heavy atom. The van der Waals surface area contributed by atoms with Gasteiger partial charge in [0.15, 0.2) is 0 Å². The molecule has 198 valence electrons. The van der Waals surface area contributed by atoms with Crippen molar-refractivity contribution >= 4 is 21.6 Å². The van der Waals surface area contributed by atoms with Crippen molar-refractivity contribution in [3.63, 3.8) is 0 Å². The summed E-state index contributed by atoms with van der Waals surface area (Å²) >= 11 is 0. The molecular formula is C29H55O3Si2-. The number of aliphatic hydroxyl groups is 2. The van der Waals surface area contributed by atoms with Gasteiger partial charge in [0.2, 0.25) is 0 Å². The molecule has 0 heterocycles. The summed E-state index contributed by atoms with van der Waals surface area (Å²) in [5.41, 5.74) is 1.34. The molecule has 2 N–H and O–H groups in total. The summed E-state index contributed by atoms with van der Waals surface area (Å²) < 4.78 is 6.73. The minimum absolute atomic E-state index is 0.310. The van der Waals surface area contributed by atoms with Gasteiger partial charge in [-0.15, -0.1) is 0 Å². The molecule has 5 atom stereocenters. The van der Waals surface area contributed by atoms with E-state index in [1.54, 1.807) is 5.19 Å². The molecule has 5 heteroatoms. The number of benzene rings is 1. The average Bonchev–Trinajstić information content (AvgIpc) is 2.82. The average molecular weight is 508 g/mol. The number of hydrogen-bond donors (Lipinski definition) is 2. The van der Waals surface area contributed by atoms with Gasteiger partial charge in [-0.3, -0.25) is 0 Å². The molecule has 5 unspecified atom stereocenters. The van der Waals surface area contributed by atoms with Crippen LogP contribution < -0.4 is 5.19 Å². The SMILES string of the molecule is CCO[SiH-](CC)(CCC1CCC(O)C(O)C1)C(C)CCC(C)(C)[Si](C)(c1ccccc1)C(C)C. The Kier molecular flexibility index (Phi) is 11.1. The summed E-state index contributed by atoms with van der Waals surface area (Å²) in [6.45, 7) is 20.4. The van der Waals surface area contributed by atoms with E-state index in [9.17, 15) is 10.2 Å². The van der Waals surface area contributed by atoms with Crippen LogP contribution in [0.5, 0.6) is 0 Å². The van der Waals surface area contributed by atoms with E-state index < -0.39 is 28.6 Å². The molecular weight excluding hydrogens is 452 g/mol. The molecule has 1 aromatic carbocycles. The van der Waals surface area contributed by atoms with Crippen LogP contribution in [0.15, 0.2) is 30.3 Å². The van der Waals surface area contributed by atoms with Gasteiger partial charge < -0.3 is 0 Å². The van der Waals surface area contributed by atoms with Gasteiger partial charge in [-0.25, -0.2) is 0 Å². The third kappa shape index (κ3) is 6.64. The summed E-state index contributed by atoms with van der Waals surface area (Å²) in [5, 5.41) is 22.0. The first kappa shape index (κ1) is 29.8. The molecule has 0 radical (unpaired) electrons. The molecule has 2 rings (SSSR count). The molecule has 0 saturated heterocycles. The summed E-state index contributed by atoms with van der Waals surface area (Å²) in [5.74, 6) is 0.531. The molecule has 1 fully saturated rings. The zero-order chi connectivity index (χ0) is 25.6. The first-order valence-electron chi connectivity index (χ1n) is 14.2. The standard InChI is InChI=1S/C29H55O3Si2/c1-9-32-34(10-2,21-19-25-16-17-27(30)28(31)22-25)24(5)18-20-29(6,7)33(8,23(3)4)26-14-12-11-13-15-26/h11-15,23-25,27-28,30-31,34H,9-10,16-22H2,1-8H3/q-1. The number of aliphatic hydroxyl groups excluding tert-OH is 2. The van der Waals surface area contributed by atoms with Crippen LogP contribution in [0.25, 0.3) is 0 Å². The Hall–Kier alpha value is -0.466. The summed E-state index contributed by atoms with van der Waals surface area (Å²) in [6.07, 6.45) is 5.13. The van der Waals surface area contributed by atoms with Gasteiger partial charge in [-0.05, 0) is 0 Å². The topological polar surface area (TPSA) is 49.7 Å². The molecule has 1 aromatic rings. The molecule has 1 saturated carbocycles. The monoisotopic (exact) mass is 507 g/mol. The van der Waals surface area contributed by atoms with Gasteiger partial charge in [0.1, 0.15) is 0 Å². The van der Waals surface area contributed by atoms with E-state index in [1.165, 1.54) is 24.9 Å². The Morgan fingerprint density at radius 1 is 1.06 bits per heavy atom. The summed E-state index contributed by atoms with van der Waals surface area (Å²) in [4.78, 5) is 0. The fraction of sp³-hybridized carbons (Fsp3) is 0.793. The van der Waals surface area contributed by atoms with Crippen LogP contribution in [0.1, 0.15) is 87.0 Å². The maximum atomic E-state index is 10.2. The van der Waals surface area contributed by atoms with Crippen LogP contribution in [-0.4, -0.2) is 45.4 Å². The zero-order valence-electron chi connectivity index (χ0n) is 23.5. The van der Waals surface area contributed by atoms with Crippen molar-refractivity contribution < 1.29 is 14.6 Å². The van der Waals surface area contributed by atoms with Crippen LogP contribution in [0.3, 0.4) is 0 Å². The second-order valence-corrected chi connectivity index (χ2v) is 23.4. The predicted octanol–water partition coefficient (Wildman–Crippen LogP) is 6.98. The van der Waals surface area contributed by atoms with Gasteiger partial charge >= 0.3 is 213 Å². The third-order valence-electron chi connectivity index (χ3n) is 10.3. The number of hydrogen-bond acceptors (Lipinski definition) is 3. The van der Waals surface area contributed by atoms with Gasteiger partial charge in [0, 0.05) is 0 Å². The van der Waals surface area contributed by atoms with Crippen molar-refractivity contribution in [2.24, 2.45) is 5.92 Å². The molecule has 0 aromatic heterocycles. The maximum absolute atomic E-state index is 10.2. The van der Waals surface area contributed by atoms with Crippen LogP contribution in [0.2, 0.25) is 34.8 Å². The van der Waals surface area contributed by atoms with Crippen molar-refractivity contribution in [1.29, 1.82) is 0 Å². The fourth-order valence-corrected chi connectivity index (χ4v) is 16.6. The van der Waals surface area contributed by atoms with Crippen molar-refractivity contribution in [1.82, 2.24) is 0 Å². The predicted molar refractivity (Wildman–Crippen MR) is 154 cm³/mol. The number of rotatable bonds is 13. The van der Waals surface area contributed by atoms with Crippen molar-refractivity contribution in [3.05, 3.63) is 30.3 Å². The quantitative estimate of drug-likeness (QED) is 0.283. The van der Waals surface area contributed by atoms with Gasteiger partial charge in [0.25, 0.3) is 0 Å². The normalized spacial score (nSPS) is 25.2. The van der Waals surface area contributed by atoms with E-state index in [0.29, 0.717) is 22.0 Å². The molecule has 34 heavy (non-hydrogen) atoms. The molecule has 1 aliphatic carbocycles. The van der Waals surface area contributed by atoms with Crippen molar-refractivity contribution in [3.8, 4) is 0 Å².